The Morgan fingerprint density at radius 2 is 1.79 bits per heavy atom. The number of nitro groups is 1. The molecule has 9 nitrogen and oxygen atoms in total. The fourth-order valence-corrected chi connectivity index (χ4v) is 4.74. The minimum Gasteiger partial charge on any atom is -0.395 e. The molecule has 1 aliphatic rings. The van der Waals surface area contributed by atoms with Gasteiger partial charge in [-0.25, -0.2) is 0 Å². The summed E-state index contributed by atoms with van der Waals surface area (Å²) in [5, 5.41) is 16.9. The van der Waals surface area contributed by atoms with E-state index < -0.39 is 16.7 Å². The summed E-state index contributed by atoms with van der Waals surface area (Å²) in [5.41, 5.74) is 3.05. The molecule has 0 spiro atoms. The van der Waals surface area contributed by atoms with E-state index in [-0.39, 0.29) is 23.6 Å². The number of nitrogens with zero attached hydrogens (tertiary/aromatic N) is 2. The standard InChI is InChI=1S/C29H34N4O5/c1-20(2)28(34)30-24-10-6-9-23(19-24)21-13-16-32(17-14-21)18-15-25(22-7-4-3-5-8-22)31-29(35)26-11-12-27(38-26)33(36)37/h3-12,19-21,25H,13-18H2,1-2H3,(H,30,34)(H,31,35). The maximum Gasteiger partial charge on any atom is 0.433 e. The lowest BCUT2D eigenvalue weighted by Crippen LogP contribution is -2.36. The molecule has 1 aromatic heterocycles. The molecule has 1 atom stereocenters. The van der Waals surface area contributed by atoms with E-state index in [1.807, 2.05) is 56.3 Å². The van der Waals surface area contributed by atoms with E-state index in [1.54, 1.807) is 0 Å². The summed E-state index contributed by atoms with van der Waals surface area (Å²) in [6.07, 6.45) is 2.72. The van der Waals surface area contributed by atoms with Gasteiger partial charge >= 0.3 is 5.88 Å². The van der Waals surface area contributed by atoms with E-state index in [2.05, 4.69) is 27.7 Å². The fraction of sp³-hybridized carbons (Fsp3) is 0.379. The number of carbonyl (C=O) groups is 2. The molecule has 200 valence electrons. The molecule has 0 aliphatic carbocycles. The van der Waals surface area contributed by atoms with E-state index in [0.29, 0.717) is 12.3 Å². The third-order valence-electron chi connectivity index (χ3n) is 6.97. The van der Waals surface area contributed by atoms with E-state index in [4.69, 9.17) is 4.42 Å². The molecule has 9 heteroatoms. The van der Waals surface area contributed by atoms with Gasteiger partial charge in [-0.3, -0.25) is 19.7 Å². The number of hydrogen-bond donors (Lipinski definition) is 2. The highest BCUT2D eigenvalue weighted by Crippen LogP contribution is 2.30. The second kappa shape index (κ2) is 12.5. The highest BCUT2D eigenvalue weighted by Gasteiger charge is 2.24. The molecule has 1 saturated heterocycles. The number of likely N-dealkylation sites (tertiary alicyclic amines) is 1. The highest BCUT2D eigenvalue weighted by atomic mass is 16.6. The van der Waals surface area contributed by atoms with Gasteiger partial charge in [0.2, 0.25) is 5.91 Å². The van der Waals surface area contributed by atoms with Crippen LogP contribution in [0, 0.1) is 16.0 Å². The number of nitrogens with one attached hydrogen (secondary N) is 2. The van der Waals surface area contributed by atoms with E-state index in [0.717, 1.165) is 43.7 Å². The Morgan fingerprint density at radius 1 is 1.05 bits per heavy atom. The summed E-state index contributed by atoms with van der Waals surface area (Å²) in [7, 11) is 0. The average Bonchev–Trinajstić information content (AvgIpc) is 3.43. The third kappa shape index (κ3) is 7.07. The van der Waals surface area contributed by atoms with Crippen molar-refractivity contribution in [2.75, 3.05) is 25.0 Å². The van der Waals surface area contributed by atoms with Crippen molar-refractivity contribution < 1.29 is 18.9 Å². The van der Waals surface area contributed by atoms with Crippen molar-refractivity contribution in [1.29, 1.82) is 0 Å². The quantitative estimate of drug-likeness (QED) is 0.269. The van der Waals surface area contributed by atoms with Gasteiger partial charge in [-0.2, -0.15) is 0 Å². The summed E-state index contributed by atoms with van der Waals surface area (Å²) in [6.45, 7) is 6.44. The molecule has 2 N–H and O–H groups in total. The number of hydrogen-bond acceptors (Lipinski definition) is 6. The van der Waals surface area contributed by atoms with Gasteiger partial charge in [-0.1, -0.05) is 56.3 Å². The number of carbonyl (C=O) groups excluding carboxylic acids is 2. The van der Waals surface area contributed by atoms with Crippen molar-refractivity contribution in [1.82, 2.24) is 10.2 Å². The molecule has 4 rings (SSSR count). The van der Waals surface area contributed by atoms with Crippen LogP contribution in [0.3, 0.4) is 0 Å². The molecule has 1 unspecified atom stereocenters. The molecule has 0 bridgehead atoms. The molecule has 3 aromatic rings. The van der Waals surface area contributed by atoms with Crippen LogP contribution in [-0.4, -0.2) is 41.3 Å². The Labute approximate surface area is 222 Å². The minimum atomic E-state index is -0.660. The SMILES string of the molecule is CC(C)C(=O)Nc1cccc(C2CCN(CCC(NC(=O)c3ccc([N+](=O)[O-])o3)c3ccccc3)CC2)c1. The van der Waals surface area contributed by atoms with Crippen LogP contribution in [0.4, 0.5) is 11.6 Å². The van der Waals surface area contributed by atoms with Crippen molar-refractivity contribution in [2.24, 2.45) is 5.92 Å². The average molecular weight is 519 g/mol. The van der Waals surface area contributed by atoms with Crippen LogP contribution >= 0.6 is 0 Å². The zero-order chi connectivity index (χ0) is 27.1. The third-order valence-corrected chi connectivity index (χ3v) is 6.97. The lowest BCUT2D eigenvalue weighted by Gasteiger charge is -2.33. The predicted octanol–water partition coefficient (Wildman–Crippen LogP) is 5.52. The zero-order valence-corrected chi connectivity index (χ0v) is 21.8. The van der Waals surface area contributed by atoms with Gasteiger partial charge in [-0.05, 0) is 67.6 Å². The normalized spacial score (nSPS) is 15.2. The summed E-state index contributed by atoms with van der Waals surface area (Å²) in [5.74, 6) is -0.629. The van der Waals surface area contributed by atoms with Gasteiger partial charge in [0.15, 0.2) is 5.76 Å². The predicted molar refractivity (Wildman–Crippen MR) is 145 cm³/mol. The number of benzene rings is 2. The van der Waals surface area contributed by atoms with Crippen LogP contribution in [-0.2, 0) is 4.79 Å². The molecule has 1 aliphatic heterocycles. The van der Waals surface area contributed by atoms with Gasteiger partial charge in [0.25, 0.3) is 5.91 Å². The Hall–Kier alpha value is -3.98. The fourth-order valence-electron chi connectivity index (χ4n) is 4.74. The zero-order valence-electron chi connectivity index (χ0n) is 21.8. The van der Waals surface area contributed by atoms with Gasteiger partial charge in [0.1, 0.15) is 4.92 Å². The van der Waals surface area contributed by atoms with Crippen molar-refractivity contribution in [2.45, 2.75) is 45.1 Å². The first-order valence-corrected chi connectivity index (χ1v) is 13.0. The molecule has 2 amide bonds. The summed E-state index contributed by atoms with van der Waals surface area (Å²) >= 11 is 0. The maximum atomic E-state index is 12.8. The van der Waals surface area contributed by atoms with Gasteiger partial charge in [0, 0.05) is 18.2 Å². The molecule has 1 fully saturated rings. The minimum absolute atomic E-state index is 0.0160. The lowest BCUT2D eigenvalue weighted by molar-refractivity contribution is -0.402. The molecule has 2 heterocycles. The molecule has 0 radical (unpaired) electrons. The van der Waals surface area contributed by atoms with Gasteiger partial charge in [-0.15, -0.1) is 0 Å². The van der Waals surface area contributed by atoms with Crippen LogP contribution in [0.2, 0.25) is 0 Å². The Balaban J connectivity index is 1.34. The monoisotopic (exact) mass is 518 g/mol. The molecule has 38 heavy (non-hydrogen) atoms. The molecule has 2 aromatic carbocycles. The first-order valence-electron chi connectivity index (χ1n) is 13.0. The van der Waals surface area contributed by atoms with Crippen LogP contribution in [0.1, 0.15) is 66.8 Å². The van der Waals surface area contributed by atoms with E-state index in [9.17, 15) is 19.7 Å². The number of piperidine rings is 1. The van der Waals surface area contributed by atoms with Crippen LogP contribution < -0.4 is 10.6 Å². The summed E-state index contributed by atoms with van der Waals surface area (Å²) in [6, 6.07) is 20.1. The second-order valence-electron chi connectivity index (χ2n) is 10.0. The van der Waals surface area contributed by atoms with Crippen LogP contribution in [0.5, 0.6) is 0 Å². The Kier molecular flexibility index (Phi) is 8.91. The number of rotatable bonds is 10. The largest absolute Gasteiger partial charge is 0.433 e. The molecule has 0 saturated carbocycles. The van der Waals surface area contributed by atoms with Crippen LogP contribution in [0.25, 0.3) is 0 Å². The van der Waals surface area contributed by atoms with Gasteiger partial charge < -0.3 is 20.0 Å². The number of anilines is 1. The van der Waals surface area contributed by atoms with Gasteiger partial charge in [0.05, 0.1) is 12.1 Å². The van der Waals surface area contributed by atoms with Crippen LogP contribution in [0.15, 0.2) is 71.1 Å². The summed E-state index contributed by atoms with van der Waals surface area (Å²) < 4.78 is 5.09. The smallest absolute Gasteiger partial charge is 0.395 e. The van der Waals surface area contributed by atoms with Crippen molar-refractivity contribution in [3.8, 4) is 0 Å². The van der Waals surface area contributed by atoms with E-state index >= 15 is 0 Å². The number of furan rings is 1. The number of amides is 2. The van der Waals surface area contributed by atoms with E-state index in [1.165, 1.54) is 17.7 Å². The Morgan fingerprint density at radius 3 is 2.45 bits per heavy atom. The Bertz CT molecular complexity index is 1250. The molecular formula is C29H34N4O5. The first-order chi connectivity index (χ1) is 18.3. The summed E-state index contributed by atoms with van der Waals surface area (Å²) in [4.78, 5) is 37.5. The lowest BCUT2D eigenvalue weighted by atomic mass is 9.89. The highest BCUT2D eigenvalue weighted by molar-refractivity contribution is 5.92. The van der Waals surface area contributed by atoms with Crippen molar-refractivity contribution in [3.05, 3.63) is 93.7 Å². The second-order valence-corrected chi connectivity index (χ2v) is 10.0. The van der Waals surface area contributed by atoms with Crippen molar-refractivity contribution >= 4 is 23.4 Å². The van der Waals surface area contributed by atoms with Crippen molar-refractivity contribution in [3.63, 3.8) is 0 Å². The first kappa shape index (κ1) is 27.1. The molecular weight excluding hydrogens is 484 g/mol. The topological polar surface area (TPSA) is 118 Å². The maximum absolute atomic E-state index is 12.8.